The molecule has 0 unspecified atom stereocenters. The standard InChI is InChI=1S/C19H30N2O4/c1-13-6-8-21(9-7-13)14(2)12-20-19(22)15-10-16(23-3)18(25-5)17(11-15)24-4/h10-11,13-14H,6-9,12H2,1-5H3,(H,20,22)/t14-/m0/s1. The van der Waals surface area contributed by atoms with Crippen LogP contribution < -0.4 is 19.5 Å². The van der Waals surface area contributed by atoms with Crippen LogP contribution in [0.25, 0.3) is 0 Å². The summed E-state index contributed by atoms with van der Waals surface area (Å²) < 4.78 is 15.9. The highest BCUT2D eigenvalue weighted by Gasteiger charge is 2.21. The van der Waals surface area contributed by atoms with Gasteiger partial charge in [-0.3, -0.25) is 9.69 Å². The predicted molar refractivity (Wildman–Crippen MR) is 97.9 cm³/mol. The Hall–Kier alpha value is -1.95. The monoisotopic (exact) mass is 350 g/mol. The van der Waals surface area contributed by atoms with Gasteiger partial charge in [-0.25, -0.2) is 0 Å². The van der Waals surface area contributed by atoms with E-state index in [4.69, 9.17) is 14.2 Å². The van der Waals surface area contributed by atoms with E-state index in [-0.39, 0.29) is 5.91 Å². The van der Waals surface area contributed by atoms with Crippen molar-refractivity contribution < 1.29 is 19.0 Å². The summed E-state index contributed by atoms with van der Waals surface area (Å²) >= 11 is 0. The first-order valence-electron chi connectivity index (χ1n) is 8.82. The molecule has 1 aromatic carbocycles. The van der Waals surface area contributed by atoms with E-state index in [1.54, 1.807) is 33.5 Å². The van der Waals surface area contributed by atoms with Gasteiger partial charge in [0, 0.05) is 18.2 Å². The molecule has 2 rings (SSSR count). The second-order valence-electron chi connectivity index (χ2n) is 6.69. The minimum atomic E-state index is -0.142. The Morgan fingerprint density at radius 2 is 1.72 bits per heavy atom. The van der Waals surface area contributed by atoms with Crippen molar-refractivity contribution in [2.45, 2.75) is 32.7 Å². The van der Waals surface area contributed by atoms with E-state index in [9.17, 15) is 4.79 Å². The molecule has 6 nitrogen and oxygen atoms in total. The second-order valence-corrected chi connectivity index (χ2v) is 6.69. The number of carbonyl (C=O) groups is 1. The van der Waals surface area contributed by atoms with E-state index < -0.39 is 0 Å². The molecule has 1 fully saturated rings. The normalized spacial score (nSPS) is 17.0. The third-order valence-electron chi connectivity index (χ3n) is 4.93. The van der Waals surface area contributed by atoms with Crippen LogP contribution in [-0.2, 0) is 0 Å². The maximum atomic E-state index is 12.5. The molecule has 1 saturated heterocycles. The highest BCUT2D eigenvalue weighted by molar-refractivity contribution is 5.95. The molecule has 0 aromatic heterocycles. The molecule has 1 aliphatic heterocycles. The zero-order chi connectivity index (χ0) is 18.4. The second kappa shape index (κ2) is 8.94. The Kier molecular flexibility index (Phi) is 6.93. The average Bonchev–Trinajstić information content (AvgIpc) is 2.64. The van der Waals surface area contributed by atoms with Crippen molar-refractivity contribution in [1.82, 2.24) is 10.2 Å². The van der Waals surface area contributed by atoms with Gasteiger partial charge in [0.2, 0.25) is 5.75 Å². The van der Waals surface area contributed by atoms with Crippen molar-refractivity contribution in [2.24, 2.45) is 5.92 Å². The number of nitrogens with one attached hydrogen (secondary N) is 1. The number of rotatable bonds is 7. The smallest absolute Gasteiger partial charge is 0.251 e. The number of amides is 1. The van der Waals surface area contributed by atoms with E-state index >= 15 is 0 Å². The highest BCUT2D eigenvalue weighted by atomic mass is 16.5. The molecular weight excluding hydrogens is 320 g/mol. The number of nitrogens with zero attached hydrogens (tertiary/aromatic N) is 1. The van der Waals surface area contributed by atoms with Crippen LogP contribution in [0.3, 0.4) is 0 Å². The minimum Gasteiger partial charge on any atom is -0.493 e. The van der Waals surface area contributed by atoms with Crippen LogP contribution in [0.1, 0.15) is 37.0 Å². The van der Waals surface area contributed by atoms with Crippen LogP contribution in [0.4, 0.5) is 0 Å². The Morgan fingerprint density at radius 3 is 2.20 bits per heavy atom. The molecule has 1 heterocycles. The van der Waals surface area contributed by atoms with Crippen LogP contribution in [0.2, 0.25) is 0 Å². The van der Waals surface area contributed by atoms with Crippen molar-refractivity contribution in [2.75, 3.05) is 41.0 Å². The lowest BCUT2D eigenvalue weighted by Gasteiger charge is -2.35. The number of hydrogen-bond acceptors (Lipinski definition) is 5. The SMILES string of the molecule is COc1cc(C(=O)NC[C@H](C)N2CCC(C)CC2)cc(OC)c1OC. The molecule has 1 N–H and O–H groups in total. The van der Waals surface area contributed by atoms with E-state index in [1.807, 2.05) is 0 Å². The summed E-state index contributed by atoms with van der Waals surface area (Å²) in [5.74, 6) is 2.10. The summed E-state index contributed by atoms with van der Waals surface area (Å²) in [6.45, 7) is 7.27. The van der Waals surface area contributed by atoms with Gasteiger partial charge >= 0.3 is 0 Å². The molecular formula is C19H30N2O4. The molecule has 0 saturated carbocycles. The lowest BCUT2D eigenvalue weighted by Crippen LogP contribution is -2.45. The summed E-state index contributed by atoms with van der Waals surface area (Å²) in [6.07, 6.45) is 2.45. The maximum absolute atomic E-state index is 12.5. The molecule has 1 aromatic rings. The molecule has 0 bridgehead atoms. The molecule has 1 atom stereocenters. The van der Waals surface area contributed by atoms with Gasteiger partial charge in [-0.15, -0.1) is 0 Å². The number of likely N-dealkylation sites (tertiary alicyclic amines) is 1. The number of benzene rings is 1. The van der Waals surface area contributed by atoms with Gasteiger partial charge in [0.15, 0.2) is 11.5 Å². The zero-order valence-corrected chi connectivity index (χ0v) is 15.9. The third kappa shape index (κ3) is 4.78. The summed E-state index contributed by atoms with van der Waals surface area (Å²) in [7, 11) is 4.62. The third-order valence-corrected chi connectivity index (χ3v) is 4.93. The van der Waals surface area contributed by atoms with Gasteiger partial charge in [-0.2, -0.15) is 0 Å². The van der Waals surface area contributed by atoms with Gasteiger partial charge in [0.1, 0.15) is 0 Å². The molecule has 140 valence electrons. The number of methoxy groups -OCH3 is 3. The first-order valence-corrected chi connectivity index (χ1v) is 8.82. The summed E-state index contributed by atoms with van der Waals surface area (Å²) in [5.41, 5.74) is 0.494. The summed E-state index contributed by atoms with van der Waals surface area (Å²) in [5, 5.41) is 3.01. The topological polar surface area (TPSA) is 60.0 Å². The van der Waals surface area contributed by atoms with Gasteiger partial charge in [-0.05, 0) is 50.9 Å². The number of ether oxygens (including phenoxy) is 3. The van der Waals surface area contributed by atoms with Gasteiger partial charge < -0.3 is 19.5 Å². The quantitative estimate of drug-likeness (QED) is 0.819. The molecule has 0 aliphatic carbocycles. The molecule has 0 spiro atoms. The van der Waals surface area contributed by atoms with Crippen molar-refractivity contribution in [1.29, 1.82) is 0 Å². The first-order chi connectivity index (χ1) is 12.0. The van der Waals surface area contributed by atoms with Crippen molar-refractivity contribution in [3.8, 4) is 17.2 Å². The highest BCUT2D eigenvalue weighted by Crippen LogP contribution is 2.38. The average molecular weight is 350 g/mol. The van der Waals surface area contributed by atoms with Gasteiger partial charge in [0.25, 0.3) is 5.91 Å². The Labute approximate surface area is 150 Å². The van der Waals surface area contributed by atoms with E-state index in [1.165, 1.54) is 12.8 Å². The van der Waals surface area contributed by atoms with Crippen LogP contribution in [0.15, 0.2) is 12.1 Å². The van der Waals surface area contributed by atoms with Crippen LogP contribution in [0.5, 0.6) is 17.2 Å². The lowest BCUT2D eigenvalue weighted by molar-refractivity contribution is 0.0921. The summed E-state index contributed by atoms with van der Waals surface area (Å²) in [4.78, 5) is 15.0. The molecule has 25 heavy (non-hydrogen) atoms. The Balaban J connectivity index is 2.00. The van der Waals surface area contributed by atoms with Crippen molar-refractivity contribution >= 4 is 5.91 Å². The van der Waals surface area contributed by atoms with E-state index in [2.05, 4.69) is 24.1 Å². The predicted octanol–water partition coefficient (Wildman–Crippen LogP) is 2.56. The van der Waals surface area contributed by atoms with Crippen LogP contribution in [-0.4, -0.2) is 57.8 Å². The fourth-order valence-electron chi connectivity index (χ4n) is 3.15. The fraction of sp³-hybridized carbons (Fsp3) is 0.632. The number of hydrogen-bond donors (Lipinski definition) is 1. The molecule has 1 amide bonds. The number of carbonyl (C=O) groups excluding carboxylic acids is 1. The molecule has 1 aliphatic rings. The number of piperidine rings is 1. The van der Waals surface area contributed by atoms with Gasteiger partial charge in [-0.1, -0.05) is 6.92 Å². The van der Waals surface area contributed by atoms with Crippen LogP contribution in [0, 0.1) is 5.92 Å². The fourth-order valence-corrected chi connectivity index (χ4v) is 3.15. The lowest BCUT2D eigenvalue weighted by atomic mass is 9.98. The van der Waals surface area contributed by atoms with Crippen molar-refractivity contribution in [3.63, 3.8) is 0 Å². The molecule has 0 radical (unpaired) electrons. The minimum absolute atomic E-state index is 0.142. The van der Waals surface area contributed by atoms with Crippen molar-refractivity contribution in [3.05, 3.63) is 17.7 Å². The van der Waals surface area contributed by atoms with E-state index in [0.717, 1.165) is 19.0 Å². The zero-order valence-electron chi connectivity index (χ0n) is 15.9. The van der Waals surface area contributed by atoms with Crippen LogP contribution >= 0.6 is 0 Å². The van der Waals surface area contributed by atoms with E-state index in [0.29, 0.717) is 35.4 Å². The first kappa shape index (κ1) is 19.4. The Morgan fingerprint density at radius 1 is 1.16 bits per heavy atom. The molecule has 6 heteroatoms. The largest absolute Gasteiger partial charge is 0.493 e. The maximum Gasteiger partial charge on any atom is 0.251 e. The summed E-state index contributed by atoms with van der Waals surface area (Å²) in [6, 6.07) is 3.66. The Bertz CT molecular complexity index is 558. The van der Waals surface area contributed by atoms with Gasteiger partial charge in [0.05, 0.1) is 21.3 Å².